The van der Waals surface area contributed by atoms with E-state index in [9.17, 15) is 19.5 Å². The number of ether oxygens (including phenoxy) is 3. The van der Waals surface area contributed by atoms with Crippen LogP contribution in [0.4, 0.5) is 5.69 Å². The number of carboxylic acid groups (broad SMARTS) is 1. The Labute approximate surface area is 175 Å². The van der Waals surface area contributed by atoms with Crippen LogP contribution in [0.5, 0.6) is 17.2 Å². The highest BCUT2D eigenvalue weighted by atomic mass is 32.1. The van der Waals surface area contributed by atoms with Crippen LogP contribution in [0.15, 0.2) is 42.0 Å². The molecule has 2 heterocycles. The molecule has 2 aromatic carbocycles. The maximum absolute atomic E-state index is 13.1. The topological polar surface area (TPSA) is 114 Å². The van der Waals surface area contributed by atoms with E-state index in [4.69, 9.17) is 26.4 Å². The lowest BCUT2D eigenvalue weighted by Crippen LogP contribution is -2.54. The van der Waals surface area contributed by atoms with E-state index in [1.165, 1.54) is 37.5 Å². The zero-order chi connectivity index (χ0) is 21.4. The molecule has 0 aromatic heterocycles. The molecule has 2 N–H and O–H groups in total. The number of aromatic carboxylic acids is 1. The molecular weight excluding hydrogens is 412 g/mol. The summed E-state index contributed by atoms with van der Waals surface area (Å²) < 4.78 is 16.0. The van der Waals surface area contributed by atoms with Crippen molar-refractivity contribution in [2.75, 3.05) is 18.8 Å². The number of fused-ring (bicyclic) bond motifs is 1. The average molecular weight is 426 g/mol. The number of hydrogen-bond acceptors (Lipinski definition) is 7. The van der Waals surface area contributed by atoms with Gasteiger partial charge in [-0.25, -0.2) is 4.79 Å². The first-order chi connectivity index (χ1) is 14.4. The number of anilines is 1. The summed E-state index contributed by atoms with van der Waals surface area (Å²) in [5.41, 5.74) is 0.408. The summed E-state index contributed by atoms with van der Waals surface area (Å²) in [6.07, 6.45) is 1.36. The standard InChI is InChI=1S/C20H14N2O7S/c1-27-14-8-16-15(28-9-29-16)7-11(14)6-13-17(23)21-20(30)22(18(13)24)12-4-2-3-10(5-12)19(25)26/h2-8H,9H2,1H3,(H,25,26)(H,21,23,30)/b13-6-. The van der Waals surface area contributed by atoms with Crippen LogP contribution in [0.1, 0.15) is 15.9 Å². The summed E-state index contributed by atoms with van der Waals surface area (Å²) in [6, 6.07) is 8.87. The van der Waals surface area contributed by atoms with Crippen molar-refractivity contribution in [2.45, 2.75) is 0 Å². The van der Waals surface area contributed by atoms with Gasteiger partial charge in [0.05, 0.1) is 18.4 Å². The van der Waals surface area contributed by atoms with E-state index in [0.717, 1.165) is 4.90 Å². The molecule has 0 aliphatic carbocycles. The minimum absolute atomic E-state index is 0.0250. The molecule has 2 aliphatic heterocycles. The largest absolute Gasteiger partial charge is 0.496 e. The maximum atomic E-state index is 13.1. The van der Waals surface area contributed by atoms with Gasteiger partial charge in [-0.05, 0) is 42.6 Å². The Morgan fingerprint density at radius 1 is 1.23 bits per heavy atom. The lowest BCUT2D eigenvalue weighted by molar-refractivity contribution is -0.122. The number of rotatable bonds is 4. The average Bonchev–Trinajstić information content (AvgIpc) is 3.17. The molecule has 9 nitrogen and oxygen atoms in total. The highest BCUT2D eigenvalue weighted by Crippen LogP contribution is 2.39. The van der Waals surface area contributed by atoms with E-state index in [1.54, 1.807) is 12.1 Å². The minimum Gasteiger partial charge on any atom is -0.496 e. The van der Waals surface area contributed by atoms with Crippen molar-refractivity contribution in [1.29, 1.82) is 0 Å². The highest BCUT2D eigenvalue weighted by Gasteiger charge is 2.35. The van der Waals surface area contributed by atoms with E-state index in [0.29, 0.717) is 22.8 Å². The predicted octanol–water partition coefficient (Wildman–Crippen LogP) is 1.95. The fourth-order valence-electron chi connectivity index (χ4n) is 3.05. The molecule has 0 atom stereocenters. The van der Waals surface area contributed by atoms with Crippen molar-refractivity contribution in [3.63, 3.8) is 0 Å². The SMILES string of the molecule is COc1cc2c(cc1/C=C1/C(=O)NC(=S)N(c3cccc(C(=O)O)c3)C1=O)OCO2. The van der Waals surface area contributed by atoms with Crippen LogP contribution in [0.3, 0.4) is 0 Å². The molecule has 2 aromatic rings. The number of thiocarbonyl (C=S) groups is 1. The van der Waals surface area contributed by atoms with Gasteiger partial charge >= 0.3 is 5.97 Å². The van der Waals surface area contributed by atoms with Gasteiger partial charge in [0.2, 0.25) is 6.79 Å². The quantitative estimate of drug-likeness (QED) is 0.433. The van der Waals surface area contributed by atoms with Gasteiger partial charge in [0.15, 0.2) is 16.6 Å². The van der Waals surface area contributed by atoms with E-state index >= 15 is 0 Å². The Balaban J connectivity index is 1.77. The molecule has 0 bridgehead atoms. The number of carbonyl (C=O) groups is 3. The minimum atomic E-state index is -1.16. The lowest BCUT2D eigenvalue weighted by Gasteiger charge is -2.29. The number of benzene rings is 2. The number of methoxy groups -OCH3 is 1. The van der Waals surface area contributed by atoms with E-state index in [1.807, 2.05) is 0 Å². The van der Waals surface area contributed by atoms with Gasteiger partial charge in [-0.3, -0.25) is 19.8 Å². The molecule has 4 rings (SSSR count). The molecule has 1 fully saturated rings. The first-order valence-corrected chi connectivity index (χ1v) is 9.02. The van der Waals surface area contributed by atoms with Gasteiger partial charge in [-0.15, -0.1) is 0 Å². The summed E-state index contributed by atoms with van der Waals surface area (Å²) in [6.45, 7) is 0.0555. The molecule has 0 radical (unpaired) electrons. The fraction of sp³-hybridized carbons (Fsp3) is 0.100. The lowest BCUT2D eigenvalue weighted by atomic mass is 10.0. The Kier molecular flexibility index (Phi) is 4.84. The van der Waals surface area contributed by atoms with Gasteiger partial charge in [0.1, 0.15) is 11.3 Å². The van der Waals surface area contributed by atoms with E-state index in [2.05, 4.69) is 5.32 Å². The molecule has 2 aliphatic rings. The van der Waals surface area contributed by atoms with Gasteiger partial charge < -0.3 is 19.3 Å². The van der Waals surface area contributed by atoms with E-state index < -0.39 is 17.8 Å². The van der Waals surface area contributed by atoms with Crippen LogP contribution in [0.2, 0.25) is 0 Å². The number of carboxylic acids is 1. The second kappa shape index (κ2) is 7.48. The van der Waals surface area contributed by atoms with Crippen molar-refractivity contribution >= 4 is 46.9 Å². The normalized spacial score (nSPS) is 16.6. The van der Waals surface area contributed by atoms with Crippen molar-refractivity contribution in [2.24, 2.45) is 0 Å². The second-order valence-electron chi connectivity index (χ2n) is 6.26. The Morgan fingerprint density at radius 2 is 1.97 bits per heavy atom. The molecule has 152 valence electrons. The third-order valence-electron chi connectivity index (χ3n) is 4.48. The van der Waals surface area contributed by atoms with Crippen LogP contribution in [-0.4, -0.2) is 41.9 Å². The van der Waals surface area contributed by atoms with Crippen LogP contribution in [-0.2, 0) is 9.59 Å². The van der Waals surface area contributed by atoms with Crippen LogP contribution >= 0.6 is 12.2 Å². The molecule has 30 heavy (non-hydrogen) atoms. The third-order valence-corrected chi connectivity index (χ3v) is 4.76. The molecule has 2 amide bonds. The predicted molar refractivity (Wildman–Crippen MR) is 109 cm³/mol. The van der Waals surface area contributed by atoms with Crippen molar-refractivity contribution in [3.05, 3.63) is 53.1 Å². The smallest absolute Gasteiger partial charge is 0.335 e. The maximum Gasteiger partial charge on any atom is 0.335 e. The van der Waals surface area contributed by atoms with Crippen LogP contribution in [0.25, 0.3) is 6.08 Å². The Hall–Kier alpha value is -3.92. The number of amides is 2. The zero-order valence-corrected chi connectivity index (χ0v) is 16.3. The number of hydrogen-bond donors (Lipinski definition) is 2. The van der Waals surface area contributed by atoms with Crippen LogP contribution in [0, 0.1) is 0 Å². The first-order valence-electron chi connectivity index (χ1n) is 8.61. The Bertz CT molecular complexity index is 1140. The number of carbonyl (C=O) groups excluding carboxylic acids is 2. The van der Waals surface area contributed by atoms with Crippen molar-refractivity contribution < 1.29 is 33.7 Å². The van der Waals surface area contributed by atoms with Crippen molar-refractivity contribution in [1.82, 2.24) is 5.32 Å². The highest BCUT2D eigenvalue weighted by molar-refractivity contribution is 7.80. The third kappa shape index (κ3) is 3.33. The fourth-order valence-corrected chi connectivity index (χ4v) is 3.34. The Morgan fingerprint density at radius 3 is 2.67 bits per heavy atom. The zero-order valence-electron chi connectivity index (χ0n) is 15.5. The monoisotopic (exact) mass is 426 g/mol. The second-order valence-corrected chi connectivity index (χ2v) is 6.65. The van der Waals surface area contributed by atoms with Crippen LogP contribution < -0.4 is 24.4 Å². The molecular formula is C20H14N2O7S. The number of nitrogens with zero attached hydrogens (tertiary/aromatic N) is 1. The van der Waals surface area contributed by atoms with E-state index in [-0.39, 0.29) is 28.7 Å². The molecule has 0 unspecified atom stereocenters. The summed E-state index contributed by atoms with van der Waals surface area (Å²) in [5.74, 6) is -1.23. The van der Waals surface area contributed by atoms with Crippen molar-refractivity contribution in [3.8, 4) is 17.2 Å². The molecule has 0 spiro atoms. The number of nitrogens with one attached hydrogen (secondary N) is 1. The summed E-state index contributed by atoms with van der Waals surface area (Å²) in [4.78, 5) is 38.0. The molecule has 0 saturated carbocycles. The van der Waals surface area contributed by atoms with Gasteiger partial charge in [-0.1, -0.05) is 6.07 Å². The summed E-state index contributed by atoms with van der Waals surface area (Å²) >= 11 is 5.14. The van der Waals surface area contributed by atoms with Gasteiger partial charge in [0, 0.05) is 11.6 Å². The van der Waals surface area contributed by atoms with Gasteiger partial charge in [-0.2, -0.15) is 0 Å². The summed E-state index contributed by atoms with van der Waals surface area (Å²) in [7, 11) is 1.45. The molecule has 10 heteroatoms. The first kappa shape index (κ1) is 19.4. The molecule has 1 saturated heterocycles. The van der Waals surface area contributed by atoms with Gasteiger partial charge in [0.25, 0.3) is 11.8 Å². The summed E-state index contributed by atoms with van der Waals surface area (Å²) in [5, 5.41) is 11.5.